The van der Waals surface area contributed by atoms with E-state index in [9.17, 15) is 9.90 Å². The van der Waals surface area contributed by atoms with Gasteiger partial charge >= 0.3 is 0 Å². The smallest absolute Gasteiger partial charge is 0.228 e. The monoisotopic (exact) mass is 329 g/mol. The van der Waals surface area contributed by atoms with Gasteiger partial charge in [-0.15, -0.1) is 0 Å². The quantitative estimate of drug-likeness (QED) is 0.546. The number of piperidine rings is 1. The average molecular weight is 329 g/mol. The van der Waals surface area contributed by atoms with Gasteiger partial charge in [-0.25, -0.2) is 0 Å². The number of carbonyl (C=O) groups is 1. The van der Waals surface area contributed by atoms with E-state index in [2.05, 4.69) is 6.58 Å². The molecule has 1 aliphatic rings. The van der Waals surface area contributed by atoms with Crippen LogP contribution in [0.5, 0.6) is 0 Å². The van der Waals surface area contributed by atoms with E-state index in [4.69, 9.17) is 14.2 Å². The fourth-order valence-corrected chi connectivity index (χ4v) is 2.60. The molecule has 3 unspecified atom stereocenters. The minimum Gasteiger partial charge on any atom is -0.473 e. The fraction of sp³-hybridized carbons (Fsp3) is 0.824. The molecule has 1 fully saturated rings. The number of carbonyl (C=O) groups excluding carboxylic acids is 1. The van der Waals surface area contributed by atoms with E-state index in [1.807, 2.05) is 20.8 Å². The summed E-state index contributed by atoms with van der Waals surface area (Å²) in [4.78, 5) is 14.4. The first-order chi connectivity index (χ1) is 10.7. The van der Waals surface area contributed by atoms with Crippen molar-refractivity contribution in [1.82, 2.24) is 4.90 Å². The lowest BCUT2D eigenvalue weighted by molar-refractivity contribution is -0.190. The zero-order chi connectivity index (χ0) is 17.6. The number of ether oxygens (including phenoxy) is 3. The van der Waals surface area contributed by atoms with Crippen LogP contribution in [0.4, 0.5) is 0 Å². The molecule has 0 aliphatic carbocycles. The molecule has 0 aromatic heterocycles. The third kappa shape index (κ3) is 5.48. The van der Waals surface area contributed by atoms with Crippen LogP contribution in [0.3, 0.4) is 0 Å². The lowest BCUT2D eigenvalue weighted by Crippen LogP contribution is -2.53. The number of allylic oxidation sites excluding steroid dienone is 1. The zero-order valence-corrected chi connectivity index (χ0v) is 15.0. The van der Waals surface area contributed by atoms with E-state index < -0.39 is 11.7 Å². The molecular weight excluding hydrogens is 298 g/mol. The molecule has 6 nitrogen and oxygen atoms in total. The van der Waals surface area contributed by atoms with Gasteiger partial charge in [-0.3, -0.25) is 4.79 Å². The summed E-state index contributed by atoms with van der Waals surface area (Å²) in [5.74, 6) is 0.371. The van der Waals surface area contributed by atoms with Gasteiger partial charge < -0.3 is 24.2 Å². The number of hydrogen-bond donors (Lipinski definition) is 1. The second-order valence-corrected chi connectivity index (χ2v) is 6.74. The van der Waals surface area contributed by atoms with Gasteiger partial charge in [0.25, 0.3) is 0 Å². The maximum atomic E-state index is 12.6. The van der Waals surface area contributed by atoms with Gasteiger partial charge in [0, 0.05) is 25.6 Å². The van der Waals surface area contributed by atoms with E-state index in [-0.39, 0.29) is 24.7 Å². The molecule has 1 amide bonds. The third-order valence-electron chi connectivity index (χ3n) is 4.54. The van der Waals surface area contributed by atoms with Crippen LogP contribution in [0.1, 0.15) is 40.5 Å². The second-order valence-electron chi connectivity index (χ2n) is 6.74. The summed E-state index contributed by atoms with van der Waals surface area (Å²) >= 11 is 0. The van der Waals surface area contributed by atoms with Crippen molar-refractivity contribution in [3.05, 3.63) is 12.3 Å². The van der Waals surface area contributed by atoms with E-state index >= 15 is 0 Å². The number of hydrogen-bond acceptors (Lipinski definition) is 5. The molecule has 1 aliphatic heterocycles. The summed E-state index contributed by atoms with van der Waals surface area (Å²) in [6, 6.07) is 0. The van der Waals surface area contributed by atoms with Gasteiger partial charge in [0.1, 0.15) is 0 Å². The Balaban J connectivity index is 2.73. The van der Waals surface area contributed by atoms with Crippen LogP contribution in [0, 0.1) is 11.3 Å². The highest BCUT2D eigenvalue weighted by Gasteiger charge is 2.40. The van der Waals surface area contributed by atoms with Gasteiger partial charge in [-0.2, -0.15) is 0 Å². The van der Waals surface area contributed by atoms with Gasteiger partial charge in [-0.1, -0.05) is 27.4 Å². The standard InChI is InChI=1S/C17H31NO5/c1-7-17(4,5)16(20)18-9-8-14(23-11-22-12(2)3)13(10-18)15(19)21-6/h13-15,19H,2,7-11H2,1,3-6H3. The highest BCUT2D eigenvalue weighted by Crippen LogP contribution is 2.29. The van der Waals surface area contributed by atoms with E-state index in [0.717, 1.165) is 6.42 Å². The number of aliphatic hydroxyl groups excluding tert-OH is 1. The maximum absolute atomic E-state index is 12.6. The minimum atomic E-state index is -0.981. The van der Waals surface area contributed by atoms with Crippen molar-refractivity contribution in [2.75, 3.05) is 27.0 Å². The van der Waals surface area contributed by atoms with Gasteiger partial charge in [-0.05, 0) is 19.8 Å². The SMILES string of the molecule is C=C(C)OCOC1CCN(C(=O)C(C)(C)CC)CC1C(O)OC. The minimum absolute atomic E-state index is 0.0847. The lowest BCUT2D eigenvalue weighted by Gasteiger charge is -2.42. The van der Waals surface area contributed by atoms with Crippen LogP contribution in [-0.4, -0.2) is 55.3 Å². The summed E-state index contributed by atoms with van der Waals surface area (Å²) in [6.07, 6.45) is 0.200. The Hall–Kier alpha value is -1.11. The second kappa shape index (κ2) is 8.66. The number of nitrogens with zero attached hydrogens (tertiary/aromatic N) is 1. The van der Waals surface area contributed by atoms with E-state index in [0.29, 0.717) is 25.3 Å². The number of rotatable bonds is 8. The molecule has 1 heterocycles. The van der Waals surface area contributed by atoms with E-state index in [1.54, 1.807) is 11.8 Å². The highest BCUT2D eigenvalue weighted by atomic mass is 16.7. The lowest BCUT2D eigenvalue weighted by atomic mass is 9.86. The first kappa shape index (κ1) is 19.9. The van der Waals surface area contributed by atoms with Crippen molar-refractivity contribution in [1.29, 1.82) is 0 Å². The molecular formula is C17H31NO5. The molecule has 0 saturated carbocycles. The van der Waals surface area contributed by atoms with Crippen LogP contribution in [0.2, 0.25) is 0 Å². The summed E-state index contributed by atoms with van der Waals surface area (Å²) < 4.78 is 16.0. The van der Waals surface area contributed by atoms with Crippen molar-refractivity contribution in [2.45, 2.75) is 52.9 Å². The van der Waals surface area contributed by atoms with Crippen molar-refractivity contribution in [3.63, 3.8) is 0 Å². The van der Waals surface area contributed by atoms with Crippen molar-refractivity contribution >= 4 is 5.91 Å². The Morgan fingerprint density at radius 1 is 1.48 bits per heavy atom. The van der Waals surface area contributed by atoms with Crippen molar-refractivity contribution in [2.24, 2.45) is 11.3 Å². The molecule has 0 spiro atoms. The first-order valence-corrected chi connectivity index (χ1v) is 8.13. The maximum Gasteiger partial charge on any atom is 0.228 e. The predicted molar refractivity (Wildman–Crippen MR) is 87.4 cm³/mol. The summed E-state index contributed by atoms with van der Waals surface area (Å²) in [7, 11) is 1.45. The van der Waals surface area contributed by atoms with Crippen LogP contribution in [0.15, 0.2) is 12.3 Å². The molecule has 134 valence electrons. The number of likely N-dealkylation sites (tertiary alicyclic amines) is 1. The molecule has 6 heteroatoms. The largest absolute Gasteiger partial charge is 0.473 e. The normalized spacial score (nSPS) is 23.5. The molecule has 1 saturated heterocycles. The van der Waals surface area contributed by atoms with Crippen LogP contribution < -0.4 is 0 Å². The average Bonchev–Trinajstić information content (AvgIpc) is 2.53. The molecule has 0 aromatic rings. The highest BCUT2D eigenvalue weighted by molar-refractivity contribution is 5.82. The van der Waals surface area contributed by atoms with Crippen LogP contribution in [0.25, 0.3) is 0 Å². The Labute approximate surface area is 139 Å². The molecule has 23 heavy (non-hydrogen) atoms. The fourth-order valence-electron chi connectivity index (χ4n) is 2.60. The Kier molecular flexibility index (Phi) is 7.51. The first-order valence-electron chi connectivity index (χ1n) is 8.13. The molecule has 1 N–H and O–H groups in total. The molecule has 0 aromatic carbocycles. The Morgan fingerprint density at radius 2 is 2.13 bits per heavy atom. The summed E-state index contributed by atoms with van der Waals surface area (Å²) in [5, 5.41) is 10.1. The molecule has 0 bridgehead atoms. The number of amides is 1. The molecule has 0 radical (unpaired) electrons. The number of methoxy groups -OCH3 is 1. The summed E-state index contributed by atoms with van der Waals surface area (Å²) in [6.45, 7) is 12.4. The topological polar surface area (TPSA) is 68.2 Å². The predicted octanol–water partition coefficient (Wildman–Crippen LogP) is 2.13. The third-order valence-corrected chi connectivity index (χ3v) is 4.54. The molecule has 1 rings (SSSR count). The Morgan fingerprint density at radius 3 is 2.65 bits per heavy atom. The zero-order valence-electron chi connectivity index (χ0n) is 15.0. The van der Waals surface area contributed by atoms with Gasteiger partial charge in [0.15, 0.2) is 13.1 Å². The van der Waals surface area contributed by atoms with Gasteiger partial charge in [0.05, 0.1) is 17.8 Å². The number of aliphatic hydroxyl groups is 1. The van der Waals surface area contributed by atoms with Crippen LogP contribution >= 0.6 is 0 Å². The molecule has 3 atom stereocenters. The van der Waals surface area contributed by atoms with Crippen molar-refractivity contribution < 1.29 is 24.1 Å². The van der Waals surface area contributed by atoms with Crippen LogP contribution in [-0.2, 0) is 19.0 Å². The van der Waals surface area contributed by atoms with Gasteiger partial charge in [0.2, 0.25) is 5.91 Å². The van der Waals surface area contributed by atoms with Crippen molar-refractivity contribution in [3.8, 4) is 0 Å². The Bertz CT molecular complexity index is 410. The summed E-state index contributed by atoms with van der Waals surface area (Å²) in [5.41, 5.74) is -0.403. The van der Waals surface area contributed by atoms with E-state index in [1.165, 1.54) is 7.11 Å².